The highest BCUT2D eigenvalue weighted by Gasteiger charge is 2.58. The molecule has 2 N–H and O–H groups in total. The van der Waals surface area contributed by atoms with Gasteiger partial charge in [-0.15, -0.1) is 0 Å². The summed E-state index contributed by atoms with van der Waals surface area (Å²) in [6, 6.07) is 14.5. The largest absolute Gasteiger partial charge is 0.427 e. The van der Waals surface area contributed by atoms with Crippen molar-refractivity contribution in [3.63, 3.8) is 0 Å². The molecule has 0 radical (unpaired) electrons. The van der Waals surface area contributed by atoms with Crippen LogP contribution in [0.15, 0.2) is 66.7 Å². The number of unbranched alkanes of at least 4 members (excludes halogenated alkanes) is 2. The molecule has 0 bridgehead atoms. The first kappa shape index (κ1) is 41.4. The number of aryl methyl sites for hydroxylation is 2. The Kier molecular flexibility index (Phi) is 13.0. The minimum absolute atomic E-state index is 0.00741. The van der Waals surface area contributed by atoms with Crippen LogP contribution in [0, 0.1) is 11.7 Å². The summed E-state index contributed by atoms with van der Waals surface area (Å²) in [5.41, 5.74) is 1.56. The quantitative estimate of drug-likeness (QED) is 0.111. The van der Waals surface area contributed by atoms with Gasteiger partial charge < -0.3 is 20.3 Å². The first-order valence-electron chi connectivity index (χ1n) is 19.7. The van der Waals surface area contributed by atoms with Gasteiger partial charge in [0.1, 0.15) is 18.4 Å². The van der Waals surface area contributed by atoms with Gasteiger partial charge in [-0.25, -0.2) is 14.1 Å². The molecule has 10 nitrogen and oxygen atoms in total. The third-order valence-electron chi connectivity index (χ3n) is 11.3. The number of benzene rings is 3. The fraction of sp³-hybridized carbons (Fsp3) is 0.465. The van der Waals surface area contributed by atoms with Crippen molar-refractivity contribution in [2.45, 2.75) is 115 Å². The van der Waals surface area contributed by atoms with Gasteiger partial charge in [0.25, 0.3) is 5.91 Å². The smallest absolute Gasteiger partial charge is 0.418 e. The Bertz CT molecular complexity index is 1950. The molecule has 0 aromatic heterocycles. The van der Waals surface area contributed by atoms with Crippen LogP contribution in [0.5, 0.6) is 0 Å². The molecule has 57 heavy (non-hydrogen) atoms. The Morgan fingerprint density at radius 3 is 2.23 bits per heavy atom. The number of ether oxygens (including phenoxy) is 1. The molecular weight excluding hydrogens is 744 g/mol. The minimum Gasteiger partial charge on any atom is -0.427 e. The van der Waals surface area contributed by atoms with Crippen molar-refractivity contribution in [3.8, 4) is 0 Å². The number of rotatable bonds is 16. The lowest BCUT2D eigenvalue weighted by molar-refractivity contribution is -0.187. The van der Waals surface area contributed by atoms with E-state index in [2.05, 4.69) is 10.6 Å². The maximum absolute atomic E-state index is 13.8. The van der Waals surface area contributed by atoms with Crippen molar-refractivity contribution < 1.29 is 46.3 Å². The van der Waals surface area contributed by atoms with Gasteiger partial charge in [0.05, 0.1) is 0 Å². The Balaban J connectivity index is 0.989. The summed E-state index contributed by atoms with van der Waals surface area (Å²) in [4.78, 5) is 66.4. The van der Waals surface area contributed by atoms with Crippen LogP contribution in [-0.2, 0) is 48.9 Å². The molecule has 2 aliphatic carbocycles. The summed E-state index contributed by atoms with van der Waals surface area (Å²) in [7, 11) is 0. The van der Waals surface area contributed by atoms with Crippen molar-refractivity contribution >= 4 is 41.1 Å². The molecule has 1 saturated heterocycles. The molecular formula is C43H48F4N4O6. The van der Waals surface area contributed by atoms with Gasteiger partial charge in [0.15, 0.2) is 0 Å². The number of alkyl halides is 3. The Morgan fingerprint density at radius 1 is 0.877 bits per heavy atom. The number of fused-ring (bicyclic) bond motifs is 2. The van der Waals surface area contributed by atoms with E-state index >= 15 is 0 Å². The van der Waals surface area contributed by atoms with Crippen LogP contribution in [0.2, 0.25) is 0 Å². The molecule has 2 fully saturated rings. The molecule has 1 saturated carbocycles. The lowest BCUT2D eigenvalue weighted by atomic mass is 9.94. The highest BCUT2D eigenvalue weighted by Crippen LogP contribution is 2.46. The van der Waals surface area contributed by atoms with Gasteiger partial charge in [0.2, 0.25) is 23.3 Å². The fourth-order valence-corrected chi connectivity index (χ4v) is 8.02. The molecule has 1 heterocycles. The maximum Gasteiger partial charge on any atom is 0.418 e. The van der Waals surface area contributed by atoms with E-state index in [9.17, 15) is 41.5 Å². The fourth-order valence-electron chi connectivity index (χ4n) is 8.02. The van der Waals surface area contributed by atoms with Crippen molar-refractivity contribution in [2.24, 2.45) is 5.92 Å². The van der Waals surface area contributed by atoms with Crippen LogP contribution >= 0.6 is 0 Å². The number of carbonyl (C=O) groups is 5. The zero-order valence-electron chi connectivity index (χ0n) is 32.0. The van der Waals surface area contributed by atoms with Crippen molar-refractivity contribution in [1.82, 2.24) is 9.80 Å². The number of hydrogen-bond acceptors (Lipinski definition) is 6. The lowest BCUT2D eigenvalue weighted by Gasteiger charge is -2.31. The average Bonchev–Trinajstić information content (AvgIpc) is 3.89. The Labute approximate surface area is 329 Å². The molecule has 1 unspecified atom stereocenters. The molecule has 2 atom stereocenters. The van der Waals surface area contributed by atoms with Crippen LogP contribution in [-0.4, -0.2) is 58.3 Å². The van der Waals surface area contributed by atoms with Gasteiger partial charge in [-0.05, 0) is 85.2 Å². The van der Waals surface area contributed by atoms with Crippen LogP contribution in [0.25, 0.3) is 0 Å². The number of anilines is 2. The van der Waals surface area contributed by atoms with Gasteiger partial charge >= 0.3 is 12.3 Å². The van der Waals surface area contributed by atoms with Crippen molar-refractivity contribution in [1.29, 1.82) is 0 Å². The third-order valence-corrected chi connectivity index (χ3v) is 11.3. The molecule has 6 rings (SSSR count). The molecule has 1 spiro atoms. The second kappa shape index (κ2) is 17.9. The van der Waals surface area contributed by atoms with Gasteiger partial charge in [-0.2, -0.15) is 13.2 Å². The van der Waals surface area contributed by atoms with Gasteiger partial charge in [-0.1, -0.05) is 75.3 Å². The first-order chi connectivity index (χ1) is 27.2. The van der Waals surface area contributed by atoms with Crippen molar-refractivity contribution in [3.05, 3.63) is 94.8 Å². The van der Waals surface area contributed by atoms with E-state index in [1.165, 1.54) is 50.7 Å². The number of hydrogen-bond donors (Lipinski definition) is 2. The predicted octanol–water partition coefficient (Wildman–Crippen LogP) is 8.58. The highest BCUT2D eigenvalue weighted by molar-refractivity contribution is 6.06. The summed E-state index contributed by atoms with van der Waals surface area (Å²) in [5.74, 6) is -2.00. The van der Waals surface area contributed by atoms with Crippen molar-refractivity contribution in [2.75, 3.05) is 17.2 Å². The van der Waals surface area contributed by atoms with E-state index < -0.39 is 54.6 Å². The number of imide groups is 1. The number of carbonyl (C=O) groups excluding carboxylic acids is 5. The molecule has 3 aliphatic rings. The molecule has 5 amide bonds. The van der Waals surface area contributed by atoms with Crippen LogP contribution < -0.4 is 10.6 Å². The van der Waals surface area contributed by atoms with Crippen LogP contribution in [0.1, 0.15) is 99.8 Å². The monoisotopic (exact) mass is 792 g/mol. The molecule has 3 aromatic carbocycles. The predicted molar refractivity (Wildman–Crippen MR) is 204 cm³/mol. The summed E-state index contributed by atoms with van der Waals surface area (Å²) in [6.07, 6.45) is 5.29. The normalized spacial score (nSPS) is 18.4. The molecule has 14 heteroatoms. The summed E-state index contributed by atoms with van der Waals surface area (Å²) >= 11 is 0. The zero-order valence-corrected chi connectivity index (χ0v) is 32.0. The Hall–Kier alpha value is -5.27. The summed E-state index contributed by atoms with van der Waals surface area (Å²) in [5, 5.41) is 5.80. The third kappa shape index (κ3) is 10.2. The van der Waals surface area contributed by atoms with E-state index in [4.69, 9.17) is 4.74 Å². The maximum atomic E-state index is 13.8. The van der Waals surface area contributed by atoms with E-state index in [0.29, 0.717) is 51.6 Å². The molecule has 304 valence electrons. The second-order valence-corrected chi connectivity index (χ2v) is 15.4. The van der Waals surface area contributed by atoms with E-state index in [0.717, 1.165) is 43.4 Å². The van der Waals surface area contributed by atoms with Gasteiger partial charge in [-0.3, -0.25) is 19.2 Å². The summed E-state index contributed by atoms with van der Waals surface area (Å²) < 4.78 is 60.4. The van der Waals surface area contributed by atoms with Crippen LogP contribution in [0.3, 0.4) is 0 Å². The lowest BCUT2D eigenvalue weighted by Crippen LogP contribution is -2.51. The highest BCUT2D eigenvalue weighted by atomic mass is 19.4. The standard InChI is InChI=1S/C43H48F4N4O6/c1-28(43(45,46)47)50(26-31-11-16-33(44)17-12-31)39(54)27-51-40(55)42(57-41(51)56)24-23-32-25-35(20-21-36(32)42)49-38(53)22-15-30-13-18-34(19-14-30)48-37(52)10-4-2-3-7-29-8-5-6-9-29/h11-14,16-21,25,28-29H,2-10,15,22-24,26-27H2,1H3,(H,48,52)(H,49,53)/t28-,42?/m0/s1. The molecule has 3 aromatic rings. The number of amides is 5. The van der Waals surface area contributed by atoms with E-state index in [-0.39, 0.29) is 30.2 Å². The second-order valence-electron chi connectivity index (χ2n) is 15.4. The topological polar surface area (TPSA) is 125 Å². The average molecular weight is 793 g/mol. The van der Waals surface area contributed by atoms with Crippen LogP contribution in [0.4, 0.5) is 33.7 Å². The summed E-state index contributed by atoms with van der Waals surface area (Å²) in [6.45, 7) is -0.732. The molecule has 1 aliphatic heterocycles. The number of halogens is 4. The number of nitrogens with one attached hydrogen (secondary N) is 2. The zero-order chi connectivity index (χ0) is 40.7. The Morgan fingerprint density at radius 2 is 1.53 bits per heavy atom. The van der Waals surface area contributed by atoms with Gasteiger partial charge in [0, 0.05) is 42.7 Å². The van der Waals surface area contributed by atoms with E-state index in [1.54, 1.807) is 18.2 Å². The number of nitrogens with zero attached hydrogens (tertiary/aromatic N) is 2. The first-order valence-corrected chi connectivity index (χ1v) is 19.7. The minimum atomic E-state index is -4.82. The van der Waals surface area contributed by atoms with E-state index in [1.807, 2.05) is 24.3 Å². The SMILES string of the molecule is C[C@H](N(Cc1ccc(F)cc1)C(=O)CN1C(=O)OC2(CCc3cc(NC(=O)CCc4ccc(NC(=O)CCCCCC5CCCC5)cc4)ccc32)C1=O)C(F)(F)F.